The standard InChI is InChI=1S/C12H17N3O2S/c1-3-12(9-13)18(16,17)15(4-2)10-11-7-5-6-8-14-11/h5-8,12H,3-4,10H2,1-2H3. The molecule has 1 atom stereocenters. The van der Waals surface area contributed by atoms with E-state index in [-0.39, 0.29) is 13.0 Å². The van der Waals surface area contributed by atoms with Crippen LogP contribution in [0.4, 0.5) is 0 Å². The van der Waals surface area contributed by atoms with Crippen LogP contribution in [0.25, 0.3) is 0 Å². The van der Waals surface area contributed by atoms with Crippen molar-refractivity contribution < 1.29 is 8.42 Å². The first-order valence-electron chi connectivity index (χ1n) is 5.84. The highest BCUT2D eigenvalue weighted by Gasteiger charge is 2.30. The second kappa shape index (κ2) is 6.47. The van der Waals surface area contributed by atoms with Gasteiger partial charge in [-0.1, -0.05) is 19.9 Å². The average Bonchev–Trinajstić information content (AvgIpc) is 2.38. The molecule has 0 N–H and O–H groups in total. The van der Waals surface area contributed by atoms with Crippen molar-refractivity contribution >= 4 is 10.0 Å². The molecule has 0 aliphatic heterocycles. The fourth-order valence-electron chi connectivity index (χ4n) is 1.60. The number of aromatic nitrogens is 1. The van der Waals surface area contributed by atoms with Gasteiger partial charge in [-0.2, -0.15) is 9.57 Å². The molecule has 1 aromatic heterocycles. The molecule has 0 saturated carbocycles. The highest BCUT2D eigenvalue weighted by atomic mass is 32.2. The van der Waals surface area contributed by atoms with Crippen molar-refractivity contribution in [3.05, 3.63) is 30.1 Å². The summed E-state index contributed by atoms with van der Waals surface area (Å²) in [5.41, 5.74) is 0.677. The first kappa shape index (κ1) is 14.6. The van der Waals surface area contributed by atoms with Crippen LogP contribution < -0.4 is 0 Å². The molecule has 18 heavy (non-hydrogen) atoms. The molecule has 0 spiro atoms. The van der Waals surface area contributed by atoms with E-state index in [1.54, 1.807) is 32.2 Å². The monoisotopic (exact) mass is 267 g/mol. The van der Waals surface area contributed by atoms with Crippen LogP contribution in [0.3, 0.4) is 0 Å². The zero-order valence-electron chi connectivity index (χ0n) is 10.6. The lowest BCUT2D eigenvalue weighted by atomic mass is 10.3. The lowest BCUT2D eigenvalue weighted by Crippen LogP contribution is -2.37. The summed E-state index contributed by atoms with van der Waals surface area (Å²) in [7, 11) is -3.58. The van der Waals surface area contributed by atoms with Crippen LogP contribution in [0.1, 0.15) is 26.0 Å². The van der Waals surface area contributed by atoms with Gasteiger partial charge in [-0.05, 0) is 18.6 Å². The molecule has 1 heterocycles. The topological polar surface area (TPSA) is 74.1 Å². The molecule has 0 fully saturated rings. The van der Waals surface area contributed by atoms with Gasteiger partial charge in [0, 0.05) is 12.7 Å². The van der Waals surface area contributed by atoms with Gasteiger partial charge < -0.3 is 0 Å². The molecule has 0 saturated heterocycles. The summed E-state index contributed by atoms with van der Waals surface area (Å²) in [6, 6.07) is 7.20. The SMILES string of the molecule is CCC(C#N)S(=O)(=O)N(CC)Cc1ccccn1. The lowest BCUT2D eigenvalue weighted by Gasteiger charge is -2.22. The zero-order valence-corrected chi connectivity index (χ0v) is 11.4. The summed E-state index contributed by atoms with van der Waals surface area (Å²) in [5, 5.41) is 7.92. The van der Waals surface area contributed by atoms with Crippen molar-refractivity contribution in [1.82, 2.24) is 9.29 Å². The number of hydrogen-bond donors (Lipinski definition) is 0. The Labute approximate surface area is 108 Å². The maximum Gasteiger partial charge on any atom is 0.230 e. The smallest absolute Gasteiger partial charge is 0.230 e. The van der Waals surface area contributed by atoms with Gasteiger partial charge in [-0.3, -0.25) is 4.98 Å². The Morgan fingerprint density at radius 2 is 2.17 bits per heavy atom. The molecule has 0 bridgehead atoms. The van der Waals surface area contributed by atoms with Crippen LogP contribution in [0.2, 0.25) is 0 Å². The van der Waals surface area contributed by atoms with Crippen molar-refractivity contribution in [1.29, 1.82) is 5.26 Å². The van der Waals surface area contributed by atoms with Crippen molar-refractivity contribution in [2.45, 2.75) is 32.1 Å². The summed E-state index contributed by atoms with van der Waals surface area (Å²) < 4.78 is 25.7. The van der Waals surface area contributed by atoms with E-state index >= 15 is 0 Å². The number of sulfonamides is 1. The number of nitriles is 1. The molecule has 0 aliphatic rings. The van der Waals surface area contributed by atoms with Crippen molar-refractivity contribution in [2.75, 3.05) is 6.54 Å². The summed E-state index contributed by atoms with van der Waals surface area (Å²) in [5.74, 6) is 0. The molecule has 0 radical (unpaired) electrons. The largest absolute Gasteiger partial charge is 0.260 e. The first-order chi connectivity index (χ1) is 8.56. The van der Waals surface area contributed by atoms with Gasteiger partial charge in [-0.15, -0.1) is 0 Å². The number of hydrogen-bond acceptors (Lipinski definition) is 4. The van der Waals surface area contributed by atoms with Crippen molar-refractivity contribution in [2.24, 2.45) is 0 Å². The second-order valence-corrected chi connectivity index (χ2v) is 5.93. The molecule has 1 unspecified atom stereocenters. The van der Waals surface area contributed by atoms with E-state index in [0.717, 1.165) is 0 Å². The highest BCUT2D eigenvalue weighted by Crippen LogP contribution is 2.14. The molecular formula is C12H17N3O2S. The number of pyridine rings is 1. The molecule has 6 heteroatoms. The third kappa shape index (κ3) is 3.28. The Balaban J connectivity index is 2.94. The van der Waals surface area contributed by atoms with E-state index in [2.05, 4.69) is 4.98 Å². The summed E-state index contributed by atoms with van der Waals surface area (Å²) in [4.78, 5) is 4.10. The van der Waals surface area contributed by atoms with Gasteiger partial charge in [0.2, 0.25) is 10.0 Å². The molecule has 1 rings (SSSR count). The third-order valence-corrected chi connectivity index (χ3v) is 4.92. The van der Waals surface area contributed by atoms with E-state index in [1.807, 2.05) is 12.1 Å². The fourth-order valence-corrected chi connectivity index (χ4v) is 3.19. The Morgan fingerprint density at radius 1 is 1.44 bits per heavy atom. The molecular weight excluding hydrogens is 250 g/mol. The molecule has 0 amide bonds. The quantitative estimate of drug-likeness (QED) is 0.783. The molecule has 0 aliphatic carbocycles. The Bertz CT molecular complexity index is 508. The van der Waals surface area contributed by atoms with Crippen LogP contribution >= 0.6 is 0 Å². The number of nitrogens with zero attached hydrogens (tertiary/aromatic N) is 3. The molecule has 0 aromatic carbocycles. The minimum Gasteiger partial charge on any atom is -0.260 e. The lowest BCUT2D eigenvalue weighted by molar-refractivity contribution is 0.414. The molecule has 98 valence electrons. The van der Waals surface area contributed by atoms with Crippen LogP contribution in [0, 0.1) is 11.3 Å². The van der Waals surface area contributed by atoms with Crippen LogP contribution in [-0.2, 0) is 16.6 Å². The van der Waals surface area contributed by atoms with Crippen molar-refractivity contribution in [3.8, 4) is 6.07 Å². The van der Waals surface area contributed by atoms with E-state index in [9.17, 15) is 8.42 Å². The Morgan fingerprint density at radius 3 is 2.61 bits per heavy atom. The predicted octanol–water partition coefficient (Wildman–Crippen LogP) is 1.54. The summed E-state index contributed by atoms with van der Waals surface area (Å²) in [6.45, 7) is 3.99. The van der Waals surface area contributed by atoms with Crippen molar-refractivity contribution in [3.63, 3.8) is 0 Å². The Hall–Kier alpha value is -1.45. The maximum absolute atomic E-state index is 12.2. The normalized spacial score (nSPS) is 13.2. The van der Waals surface area contributed by atoms with Crippen LogP contribution in [-0.4, -0.2) is 29.5 Å². The van der Waals surface area contributed by atoms with E-state index in [0.29, 0.717) is 12.2 Å². The van der Waals surface area contributed by atoms with Gasteiger partial charge in [0.15, 0.2) is 5.25 Å². The zero-order chi connectivity index (χ0) is 13.6. The Kier molecular flexibility index (Phi) is 5.25. The van der Waals surface area contributed by atoms with Gasteiger partial charge in [0.1, 0.15) is 0 Å². The first-order valence-corrected chi connectivity index (χ1v) is 7.35. The maximum atomic E-state index is 12.2. The van der Waals surface area contributed by atoms with E-state index in [1.165, 1.54) is 4.31 Å². The second-order valence-electron chi connectivity index (χ2n) is 3.82. The van der Waals surface area contributed by atoms with E-state index in [4.69, 9.17) is 5.26 Å². The van der Waals surface area contributed by atoms with Gasteiger partial charge in [-0.25, -0.2) is 8.42 Å². The fraction of sp³-hybridized carbons (Fsp3) is 0.500. The summed E-state index contributed by atoms with van der Waals surface area (Å²) in [6.07, 6.45) is 1.91. The summed E-state index contributed by atoms with van der Waals surface area (Å²) >= 11 is 0. The van der Waals surface area contributed by atoms with Gasteiger partial charge >= 0.3 is 0 Å². The highest BCUT2D eigenvalue weighted by molar-refractivity contribution is 7.89. The molecule has 5 nitrogen and oxygen atoms in total. The van der Waals surface area contributed by atoms with Crippen LogP contribution in [0.5, 0.6) is 0 Å². The average molecular weight is 267 g/mol. The van der Waals surface area contributed by atoms with Gasteiger partial charge in [0.05, 0.1) is 18.3 Å². The van der Waals surface area contributed by atoms with Crippen LogP contribution in [0.15, 0.2) is 24.4 Å². The predicted molar refractivity (Wildman–Crippen MR) is 68.9 cm³/mol. The van der Waals surface area contributed by atoms with Gasteiger partial charge in [0.25, 0.3) is 0 Å². The molecule has 1 aromatic rings. The number of rotatable bonds is 6. The van der Waals surface area contributed by atoms with E-state index < -0.39 is 15.3 Å². The third-order valence-electron chi connectivity index (χ3n) is 2.65. The minimum atomic E-state index is -3.58. The minimum absolute atomic E-state index is 0.206.